The standard InChI is InChI=1S/C17H17N5O3/c1-21-6-7-22-14(19-20-15(22)17(21)24)9-18-16(23)12-8-11-4-2-3-5-13(11)25-10-12/h2-5,8H,6-7,9-10H2,1H3,(H,18,23). The topological polar surface area (TPSA) is 89.3 Å². The molecule has 0 bridgehead atoms. The highest BCUT2D eigenvalue weighted by Gasteiger charge is 2.26. The van der Waals surface area contributed by atoms with Gasteiger partial charge in [0.05, 0.1) is 12.1 Å². The van der Waals surface area contributed by atoms with Gasteiger partial charge in [0, 0.05) is 25.7 Å². The Hall–Kier alpha value is -3.16. The van der Waals surface area contributed by atoms with Crippen LogP contribution in [0.1, 0.15) is 22.0 Å². The van der Waals surface area contributed by atoms with Crippen LogP contribution in [0.15, 0.2) is 29.8 Å². The molecule has 1 N–H and O–H groups in total. The molecule has 1 aromatic heterocycles. The number of nitrogens with zero attached hydrogens (tertiary/aromatic N) is 4. The predicted molar refractivity (Wildman–Crippen MR) is 88.7 cm³/mol. The van der Waals surface area contributed by atoms with Gasteiger partial charge in [-0.2, -0.15) is 0 Å². The van der Waals surface area contributed by atoms with Crippen molar-refractivity contribution in [2.45, 2.75) is 13.1 Å². The van der Waals surface area contributed by atoms with Crippen molar-refractivity contribution in [1.29, 1.82) is 0 Å². The maximum atomic E-state index is 12.4. The number of hydrogen-bond acceptors (Lipinski definition) is 5. The number of carbonyl (C=O) groups is 2. The molecule has 128 valence electrons. The van der Waals surface area contributed by atoms with Crippen LogP contribution in [0.3, 0.4) is 0 Å². The van der Waals surface area contributed by atoms with Gasteiger partial charge in [0.1, 0.15) is 12.4 Å². The molecule has 2 amide bonds. The molecule has 0 aliphatic carbocycles. The molecule has 1 aromatic carbocycles. The van der Waals surface area contributed by atoms with Gasteiger partial charge >= 0.3 is 0 Å². The number of benzene rings is 1. The van der Waals surface area contributed by atoms with Crippen molar-refractivity contribution in [3.05, 3.63) is 47.1 Å². The fraction of sp³-hybridized carbons (Fsp3) is 0.294. The van der Waals surface area contributed by atoms with Crippen molar-refractivity contribution < 1.29 is 14.3 Å². The number of ether oxygens (including phenoxy) is 1. The zero-order chi connectivity index (χ0) is 17.4. The second-order valence-corrected chi connectivity index (χ2v) is 6.00. The van der Waals surface area contributed by atoms with Gasteiger partial charge in [0.25, 0.3) is 11.8 Å². The monoisotopic (exact) mass is 339 g/mol. The van der Waals surface area contributed by atoms with Crippen LogP contribution in [0.2, 0.25) is 0 Å². The summed E-state index contributed by atoms with van der Waals surface area (Å²) in [6.45, 7) is 1.65. The Kier molecular flexibility index (Phi) is 3.72. The number of fused-ring (bicyclic) bond motifs is 2. The van der Waals surface area contributed by atoms with Gasteiger partial charge in [-0.25, -0.2) is 0 Å². The van der Waals surface area contributed by atoms with E-state index in [1.807, 2.05) is 30.3 Å². The van der Waals surface area contributed by atoms with E-state index in [9.17, 15) is 9.59 Å². The molecule has 2 aromatic rings. The van der Waals surface area contributed by atoms with Gasteiger partial charge in [-0.15, -0.1) is 10.2 Å². The van der Waals surface area contributed by atoms with Gasteiger partial charge < -0.3 is 19.5 Å². The fourth-order valence-corrected chi connectivity index (χ4v) is 2.90. The molecule has 0 spiro atoms. The minimum Gasteiger partial charge on any atom is -0.488 e. The van der Waals surface area contributed by atoms with Crippen LogP contribution in [-0.2, 0) is 17.9 Å². The Morgan fingerprint density at radius 3 is 3.00 bits per heavy atom. The molecular formula is C17H17N5O3. The molecule has 0 fully saturated rings. The van der Waals surface area contributed by atoms with Crippen molar-refractivity contribution in [2.24, 2.45) is 0 Å². The highest BCUT2D eigenvalue weighted by Crippen LogP contribution is 2.25. The summed E-state index contributed by atoms with van der Waals surface area (Å²) >= 11 is 0. The molecule has 3 heterocycles. The Balaban J connectivity index is 1.46. The Morgan fingerprint density at radius 1 is 1.28 bits per heavy atom. The lowest BCUT2D eigenvalue weighted by atomic mass is 10.1. The molecule has 8 nitrogen and oxygen atoms in total. The molecule has 0 radical (unpaired) electrons. The van der Waals surface area contributed by atoms with E-state index in [0.717, 1.165) is 11.3 Å². The lowest BCUT2D eigenvalue weighted by Gasteiger charge is -2.23. The van der Waals surface area contributed by atoms with Gasteiger partial charge in [-0.3, -0.25) is 9.59 Å². The number of nitrogens with one attached hydrogen (secondary N) is 1. The summed E-state index contributed by atoms with van der Waals surface area (Å²) in [5, 5.41) is 10.8. The van der Waals surface area contributed by atoms with E-state index in [2.05, 4.69) is 15.5 Å². The number of carbonyl (C=O) groups excluding carboxylic acids is 2. The predicted octanol–water partition coefficient (Wildman–Crippen LogP) is 0.456. The summed E-state index contributed by atoms with van der Waals surface area (Å²) in [4.78, 5) is 26.0. The van der Waals surface area contributed by atoms with Crippen LogP contribution in [0, 0.1) is 0 Å². The summed E-state index contributed by atoms with van der Waals surface area (Å²) in [6.07, 6.45) is 1.83. The zero-order valence-corrected chi connectivity index (χ0v) is 13.7. The van der Waals surface area contributed by atoms with Crippen molar-refractivity contribution in [2.75, 3.05) is 20.2 Å². The van der Waals surface area contributed by atoms with Crippen molar-refractivity contribution >= 4 is 17.9 Å². The zero-order valence-electron chi connectivity index (χ0n) is 13.7. The third-order valence-electron chi connectivity index (χ3n) is 4.36. The molecule has 0 saturated carbocycles. The second kappa shape index (κ2) is 6.04. The fourth-order valence-electron chi connectivity index (χ4n) is 2.90. The van der Waals surface area contributed by atoms with Gasteiger partial charge in [0.15, 0.2) is 5.82 Å². The van der Waals surface area contributed by atoms with E-state index >= 15 is 0 Å². The molecule has 0 unspecified atom stereocenters. The smallest absolute Gasteiger partial charge is 0.291 e. The molecule has 25 heavy (non-hydrogen) atoms. The lowest BCUT2D eigenvalue weighted by Crippen LogP contribution is -2.38. The summed E-state index contributed by atoms with van der Waals surface area (Å²) in [6, 6.07) is 7.57. The highest BCUT2D eigenvalue weighted by atomic mass is 16.5. The van der Waals surface area contributed by atoms with Crippen LogP contribution < -0.4 is 10.1 Å². The molecular weight excluding hydrogens is 322 g/mol. The van der Waals surface area contributed by atoms with Crippen LogP contribution >= 0.6 is 0 Å². The first-order valence-corrected chi connectivity index (χ1v) is 8.01. The van der Waals surface area contributed by atoms with E-state index in [-0.39, 0.29) is 25.0 Å². The molecule has 8 heteroatoms. The Morgan fingerprint density at radius 2 is 2.12 bits per heavy atom. The van der Waals surface area contributed by atoms with E-state index in [1.54, 1.807) is 16.5 Å². The van der Waals surface area contributed by atoms with E-state index in [0.29, 0.717) is 30.3 Å². The SMILES string of the molecule is CN1CCn2c(CNC(=O)C3=Cc4ccccc4OC3)nnc2C1=O. The Labute approximate surface area is 144 Å². The molecule has 2 aliphatic heterocycles. The molecule has 0 saturated heterocycles. The summed E-state index contributed by atoms with van der Waals surface area (Å²) in [5.41, 5.74) is 1.43. The summed E-state index contributed by atoms with van der Waals surface area (Å²) < 4.78 is 7.35. The average molecular weight is 339 g/mol. The van der Waals surface area contributed by atoms with Crippen molar-refractivity contribution in [1.82, 2.24) is 25.0 Å². The molecule has 4 rings (SSSR count). The first-order valence-electron chi connectivity index (χ1n) is 8.01. The first-order chi connectivity index (χ1) is 12.1. The highest BCUT2D eigenvalue weighted by molar-refractivity contribution is 5.99. The molecule has 0 atom stereocenters. The minimum absolute atomic E-state index is 0.156. The number of amides is 2. The second-order valence-electron chi connectivity index (χ2n) is 6.00. The largest absolute Gasteiger partial charge is 0.488 e. The average Bonchev–Trinajstić information content (AvgIpc) is 3.06. The summed E-state index contributed by atoms with van der Waals surface area (Å²) in [5.74, 6) is 1.28. The number of rotatable bonds is 3. The number of para-hydroxylation sites is 1. The number of hydrogen-bond donors (Lipinski definition) is 1. The normalized spacial score (nSPS) is 15.8. The minimum atomic E-state index is -0.217. The quantitative estimate of drug-likeness (QED) is 0.877. The van der Waals surface area contributed by atoms with E-state index in [1.165, 1.54) is 0 Å². The Bertz CT molecular complexity index is 886. The van der Waals surface area contributed by atoms with E-state index in [4.69, 9.17) is 4.74 Å². The van der Waals surface area contributed by atoms with Gasteiger partial charge in [-0.1, -0.05) is 18.2 Å². The van der Waals surface area contributed by atoms with Crippen LogP contribution in [0.25, 0.3) is 6.08 Å². The van der Waals surface area contributed by atoms with E-state index < -0.39 is 0 Å². The summed E-state index contributed by atoms with van der Waals surface area (Å²) in [7, 11) is 1.73. The van der Waals surface area contributed by atoms with Crippen molar-refractivity contribution in [3.8, 4) is 5.75 Å². The molecule has 2 aliphatic rings. The van der Waals surface area contributed by atoms with Crippen LogP contribution in [0.5, 0.6) is 5.75 Å². The lowest BCUT2D eigenvalue weighted by molar-refractivity contribution is -0.118. The maximum absolute atomic E-state index is 12.4. The third-order valence-corrected chi connectivity index (χ3v) is 4.36. The van der Waals surface area contributed by atoms with Gasteiger partial charge in [0.2, 0.25) is 5.82 Å². The maximum Gasteiger partial charge on any atom is 0.291 e. The third kappa shape index (κ3) is 2.75. The number of likely N-dealkylation sites (N-methyl/N-ethyl adjacent to an activating group) is 1. The number of aromatic nitrogens is 3. The van der Waals surface area contributed by atoms with Gasteiger partial charge in [-0.05, 0) is 12.1 Å². The van der Waals surface area contributed by atoms with Crippen LogP contribution in [0.4, 0.5) is 0 Å². The van der Waals surface area contributed by atoms with Crippen LogP contribution in [-0.4, -0.2) is 51.7 Å². The van der Waals surface area contributed by atoms with Crippen molar-refractivity contribution in [3.63, 3.8) is 0 Å². The first kappa shape index (κ1) is 15.4.